The molecule has 1 aromatic carbocycles. The van der Waals surface area contributed by atoms with Crippen molar-refractivity contribution < 1.29 is 4.79 Å². The molecule has 0 aliphatic heterocycles. The van der Waals surface area contributed by atoms with Crippen LogP contribution in [0, 0.1) is 0 Å². The number of hydrogen-bond acceptors (Lipinski definition) is 5. The minimum atomic E-state index is -0.214. The molecular weight excluding hydrogens is 352 g/mol. The SMILES string of the molecule is CCN(CC)c1ccc(Nc2ccc(NC(=O)NC3CCCCC3)nn2)cc1. The van der Waals surface area contributed by atoms with Crippen LogP contribution in [0.5, 0.6) is 0 Å². The minimum Gasteiger partial charge on any atom is -0.372 e. The fourth-order valence-electron chi connectivity index (χ4n) is 3.54. The fourth-order valence-corrected chi connectivity index (χ4v) is 3.54. The smallest absolute Gasteiger partial charge is 0.320 e. The Morgan fingerprint density at radius 3 is 2.21 bits per heavy atom. The molecule has 150 valence electrons. The number of carbonyl (C=O) groups excluding carboxylic acids is 1. The molecular formula is C21H30N6O. The zero-order valence-corrected chi connectivity index (χ0v) is 16.7. The van der Waals surface area contributed by atoms with Gasteiger partial charge in [0.2, 0.25) is 0 Å². The number of nitrogens with zero attached hydrogens (tertiary/aromatic N) is 3. The average Bonchev–Trinajstić information content (AvgIpc) is 2.72. The molecule has 1 fully saturated rings. The third kappa shape index (κ3) is 5.58. The quantitative estimate of drug-likeness (QED) is 0.656. The van der Waals surface area contributed by atoms with Crippen molar-refractivity contribution in [2.24, 2.45) is 0 Å². The van der Waals surface area contributed by atoms with Gasteiger partial charge in [0.05, 0.1) is 0 Å². The summed E-state index contributed by atoms with van der Waals surface area (Å²) >= 11 is 0. The molecule has 2 amide bonds. The molecule has 0 unspecified atom stereocenters. The highest BCUT2D eigenvalue weighted by Gasteiger charge is 2.15. The highest BCUT2D eigenvalue weighted by Crippen LogP contribution is 2.21. The monoisotopic (exact) mass is 382 g/mol. The Labute approximate surface area is 166 Å². The third-order valence-corrected chi connectivity index (χ3v) is 5.11. The summed E-state index contributed by atoms with van der Waals surface area (Å²) in [7, 11) is 0. The Kier molecular flexibility index (Phi) is 7.06. The number of urea groups is 1. The van der Waals surface area contributed by atoms with Gasteiger partial charge in [0.25, 0.3) is 0 Å². The molecule has 3 rings (SSSR count). The maximum atomic E-state index is 12.1. The Morgan fingerprint density at radius 2 is 1.61 bits per heavy atom. The molecule has 28 heavy (non-hydrogen) atoms. The molecule has 3 N–H and O–H groups in total. The largest absolute Gasteiger partial charge is 0.372 e. The van der Waals surface area contributed by atoms with Gasteiger partial charge in [0.1, 0.15) is 0 Å². The molecule has 0 bridgehead atoms. The van der Waals surface area contributed by atoms with Crippen molar-refractivity contribution >= 4 is 29.0 Å². The van der Waals surface area contributed by atoms with Crippen molar-refractivity contribution in [3.8, 4) is 0 Å². The van der Waals surface area contributed by atoms with Crippen LogP contribution in [0.2, 0.25) is 0 Å². The highest BCUT2D eigenvalue weighted by molar-refractivity contribution is 5.88. The van der Waals surface area contributed by atoms with Gasteiger partial charge in [0, 0.05) is 30.5 Å². The van der Waals surface area contributed by atoms with Crippen molar-refractivity contribution in [1.82, 2.24) is 15.5 Å². The van der Waals surface area contributed by atoms with Gasteiger partial charge >= 0.3 is 6.03 Å². The van der Waals surface area contributed by atoms with Gasteiger partial charge in [0.15, 0.2) is 11.6 Å². The second-order valence-corrected chi connectivity index (χ2v) is 7.08. The number of amides is 2. The van der Waals surface area contributed by atoms with Crippen molar-refractivity contribution in [2.45, 2.75) is 52.0 Å². The van der Waals surface area contributed by atoms with E-state index < -0.39 is 0 Å². The molecule has 0 radical (unpaired) electrons. The molecule has 1 saturated carbocycles. The first kappa shape index (κ1) is 19.9. The Balaban J connectivity index is 1.51. The van der Waals surface area contributed by atoms with E-state index in [0.29, 0.717) is 11.6 Å². The minimum absolute atomic E-state index is 0.214. The topological polar surface area (TPSA) is 82.2 Å². The number of nitrogens with one attached hydrogen (secondary N) is 3. The van der Waals surface area contributed by atoms with E-state index in [2.05, 4.69) is 57.0 Å². The van der Waals surface area contributed by atoms with E-state index in [4.69, 9.17) is 0 Å². The normalized spacial score (nSPS) is 14.4. The number of anilines is 4. The van der Waals surface area contributed by atoms with Crippen molar-refractivity contribution in [3.63, 3.8) is 0 Å². The maximum absolute atomic E-state index is 12.1. The summed E-state index contributed by atoms with van der Waals surface area (Å²) in [6.07, 6.45) is 5.73. The van der Waals surface area contributed by atoms with Crippen LogP contribution in [0.4, 0.5) is 27.8 Å². The molecule has 7 heteroatoms. The summed E-state index contributed by atoms with van der Waals surface area (Å²) in [4.78, 5) is 14.4. The molecule has 7 nitrogen and oxygen atoms in total. The molecule has 0 saturated heterocycles. The van der Waals surface area contributed by atoms with E-state index in [1.54, 1.807) is 6.07 Å². The lowest BCUT2D eigenvalue weighted by Crippen LogP contribution is -2.39. The summed E-state index contributed by atoms with van der Waals surface area (Å²) in [5.74, 6) is 1.07. The van der Waals surface area contributed by atoms with Crippen LogP contribution in [0.25, 0.3) is 0 Å². The Morgan fingerprint density at radius 1 is 0.964 bits per heavy atom. The van der Waals surface area contributed by atoms with Crippen molar-refractivity contribution in [2.75, 3.05) is 28.6 Å². The summed E-state index contributed by atoms with van der Waals surface area (Å²) in [6.45, 7) is 6.27. The van der Waals surface area contributed by atoms with Gasteiger partial charge in [-0.05, 0) is 63.1 Å². The molecule has 1 aliphatic carbocycles. The van der Waals surface area contributed by atoms with E-state index in [1.165, 1.54) is 24.9 Å². The number of rotatable bonds is 7. The van der Waals surface area contributed by atoms with E-state index >= 15 is 0 Å². The first-order valence-electron chi connectivity index (χ1n) is 10.2. The molecule has 0 atom stereocenters. The second-order valence-electron chi connectivity index (χ2n) is 7.08. The van der Waals surface area contributed by atoms with Crippen LogP contribution in [0.1, 0.15) is 46.0 Å². The zero-order chi connectivity index (χ0) is 19.8. The van der Waals surface area contributed by atoms with E-state index in [-0.39, 0.29) is 12.1 Å². The predicted octanol–water partition coefficient (Wildman–Crippen LogP) is 4.52. The van der Waals surface area contributed by atoms with Gasteiger partial charge < -0.3 is 15.5 Å². The van der Waals surface area contributed by atoms with Crippen LogP contribution < -0.4 is 20.9 Å². The number of benzene rings is 1. The van der Waals surface area contributed by atoms with Gasteiger partial charge in [-0.3, -0.25) is 5.32 Å². The molecule has 1 heterocycles. The lowest BCUT2D eigenvalue weighted by molar-refractivity contribution is 0.244. The maximum Gasteiger partial charge on any atom is 0.320 e. The molecule has 1 aromatic heterocycles. The Hall–Kier alpha value is -2.83. The predicted molar refractivity (Wildman–Crippen MR) is 114 cm³/mol. The molecule has 1 aliphatic rings. The van der Waals surface area contributed by atoms with Crippen molar-refractivity contribution in [1.29, 1.82) is 0 Å². The third-order valence-electron chi connectivity index (χ3n) is 5.11. The first-order valence-corrected chi connectivity index (χ1v) is 10.2. The van der Waals surface area contributed by atoms with E-state index in [9.17, 15) is 4.79 Å². The van der Waals surface area contributed by atoms with Crippen LogP contribution in [0.3, 0.4) is 0 Å². The van der Waals surface area contributed by atoms with Crippen LogP contribution >= 0.6 is 0 Å². The summed E-state index contributed by atoms with van der Waals surface area (Å²) in [5.41, 5.74) is 2.14. The zero-order valence-electron chi connectivity index (χ0n) is 16.7. The lowest BCUT2D eigenvalue weighted by atomic mass is 9.96. The summed E-state index contributed by atoms with van der Waals surface area (Å²) in [5, 5.41) is 17.2. The second kappa shape index (κ2) is 9.92. The van der Waals surface area contributed by atoms with Crippen LogP contribution in [-0.2, 0) is 0 Å². The number of hydrogen-bond donors (Lipinski definition) is 3. The highest BCUT2D eigenvalue weighted by atomic mass is 16.2. The standard InChI is InChI=1S/C21H30N6O/c1-3-27(4-2)18-12-10-17(11-13-18)22-19-14-15-20(26-25-19)24-21(28)23-16-8-6-5-7-9-16/h10-16H,3-9H2,1-2H3,(H,22,25)(H2,23,24,26,28). The number of aromatic nitrogens is 2. The van der Waals surface area contributed by atoms with Gasteiger partial charge in [-0.25, -0.2) is 4.79 Å². The molecule has 0 spiro atoms. The summed E-state index contributed by atoms with van der Waals surface area (Å²) in [6, 6.07) is 11.8. The number of carbonyl (C=O) groups is 1. The van der Waals surface area contributed by atoms with E-state index in [0.717, 1.165) is 31.6 Å². The van der Waals surface area contributed by atoms with Gasteiger partial charge in [-0.1, -0.05) is 19.3 Å². The Bertz CT molecular complexity index is 736. The van der Waals surface area contributed by atoms with Crippen LogP contribution in [-0.4, -0.2) is 35.4 Å². The summed E-state index contributed by atoms with van der Waals surface area (Å²) < 4.78 is 0. The van der Waals surface area contributed by atoms with Crippen molar-refractivity contribution in [3.05, 3.63) is 36.4 Å². The van der Waals surface area contributed by atoms with Gasteiger partial charge in [-0.15, -0.1) is 10.2 Å². The molecule has 2 aromatic rings. The van der Waals surface area contributed by atoms with Crippen LogP contribution in [0.15, 0.2) is 36.4 Å². The van der Waals surface area contributed by atoms with Gasteiger partial charge in [-0.2, -0.15) is 0 Å². The fraction of sp³-hybridized carbons (Fsp3) is 0.476. The lowest BCUT2D eigenvalue weighted by Gasteiger charge is -2.22. The first-order chi connectivity index (χ1) is 13.7. The van der Waals surface area contributed by atoms with E-state index in [1.807, 2.05) is 18.2 Å². The average molecular weight is 383 g/mol.